The number of Topliss-reactive ketones (excluding diaryl/α,β-unsaturated/α-hetero) is 1. The van der Waals surface area contributed by atoms with Gasteiger partial charge in [-0.1, -0.05) is 39.0 Å². The summed E-state index contributed by atoms with van der Waals surface area (Å²) in [5.74, 6) is -0.118. The molecular formula is C16H20N2O2. The molecule has 0 aliphatic rings. The Bertz CT molecular complexity index is 635. The number of carbonyl (C=O) groups excluding carboxylic acids is 2. The van der Waals surface area contributed by atoms with E-state index in [9.17, 15) is 9.59 Å². The van der Waals surface area contributed by atoms with Gasteiger partial charge in [-0.05, 0) is 17.5 Å². The van der Waals surface area contributed by atoms with Crippen molar-refractivity contribution >= 4 is 22.6 Å². The van der Waals surface area contributed by atoms with Gasteiger partial charge < -0.3 is 9.88 Å². The molecule has 4 nitrogen and oxygen atoms in total. The Balaban J connectivity index is 1.97. The molecule has 0 radical (unpaired) electrons. The Morgan fingerprint density at radius 1 is 1.15 bits per heavy atom. The molecular weight excluding hydrogens is 252 g/mol. The van der Waals surface area contributed by atoms with Crippen molar-refractivity contribution in [1.82, 2.24) is 9.88 Å². The van der Waals surface area contributed by atoms with Crippen LogP contribution in [0.5, 0.6) is 0 Å². The minimum Gasteiger partial charge on any atom is -0.347 e. The lowest BCUT2D eigenvalue weighted by molar-refractivity contribution is -0.129. The van der Waals surface area contributed by atoms with Crippen molar-refractivity contribution in [3.05, 3.63) is 36.5 Å². The largest absolute Gasteiger partial charge is 0.347 e. The van der Waals surface area contributed by atoms with Crippen molar-refractivity contribution in [3.63, 3.8) is 0 Å². The number of aromatic nitrogens is 1. The summed E-state index contributed by atoms with van der Waals surface area (Å²) in [7, 11) is 0. The lowest BCUT2D eigenvalue weighted by atomic mass is 9.91. The fourth-order valence-corrected chi connectivity index (χ4v) is 1.93. The highest BCUT2D eigenvalue weighted by Crippen LogP contribution is 2.15. The van der Waals surface area contributed by atoms with Crippen LogP contribution in [0.4, 0.5) is 0 Å². The first-order valence-corrected chi connectivity index (χ1v) is 6.72. The van der Waals surface area contributed by atoms with Crippen LogP contribution in [0.15, 0.2) is 36.5 Å². The first-order chi connectivity index (χ1) is 9.38. The SMILES string of the molecule is CC(C)(C)C(=O)CNC(=O)Cn1ccc2ccccc21. The van der Waals surface area contributed by atoms with Crippen molar-refractivity contribution in [2.45, 2.75) is 27.3 Å². The van der Waals surface area contributed by atoms with Gasteiger partial charge in [-0.3, -0.25) is 9.59 Å². The third-order valence-corrected chi connectivity index (χ3v) is 3.28. The van der Waals surface area contributed by atoms with Crippen molar-refractivity contribution in [1.29, 1.82) is 0 Å². The van der Waals surface area contributed by atoms with Gasteiger partial charge in [0.05, 0.1) is 6.54 Å². The molecule has 1 N–H and O–H groups in total. The number of carbonyl (C=O) groups is 2. The van der Waals surface area contributed by atoms with Crippen LogP contribution in [0, 0.1) is 5.41 Å². The van der Waals surface area contributed by atoms with Gasteiger partial charge in [0.25, 0.3) is 0 Å². The molecule has 1 aromatic heterocycles. The molecule has 0 unspecified atom stereocenters. The Morgan fingerprint density at radius 2 is 1.85 bits per heavy atom. The van der Waals surface area contributed by atoms with Crippen LogP contribution < -0.4 is 5.32 Å². The zero-order chi connectivity index (χ0) is 14.8. The second-order valence-electron chi connectivity index (χ2n) is 5.95. The maximum absolute atomic E-state index is 11.9. The van der Waals surface area contributed by atoms with Crippen LogP contribution in [-0.2, 0) is 16.1 Å². The van der Waals surface area contributed by atoms with Crippen LogP contribution in [-0.4, -0.2) is 22.8 Å². The molecule has 1 aromatic carbocycles. The maximum atomic E-state index is 11.9. The monoisotopic (exact) mass is 272 g/mol. The quantitative estimate of drug-likeness (QED) is 0.929. The number of nitrogens with zero attached hydrogens (tertiary/aromatic N) is 1. The van der Waals surface area contributed by atoms with E-state index in [4.69, 9.17) is 0 Å². The Kier molecular flexibility index (Phi) is 3.93. The van der Waals surface area contributed by atoms with Gasteiger partial charge in [0.2, 0.25) is 5.91 Å². The van der Waals surface area contributed by atoms with E-state index < -0.39 is 5.41 Å². The number of amides is 1. The molecule has 106 valence electrons. The molecule has 0 saturated heterocycles. The fraction of sp³-hybridized carbons (Fsp3) is 0.375. The molecule has 0 aliphatic carbocycles. The molecule has 4 heteroatoms. The van der Waals surface area contributed by atoms with Crippen molar-refractivity contribution in [2.24, 2.45) is 5.41 Å². The number of hydrogen-bond acceptors (Lipinski definition) is 2. The number of rotatable bonds is 4. The molecule has 0 spiro atoms. The average Bonchev–Trinajstić information content (AvgIpc) is 2.78. The first-order valence-electron chi connectivity index (χ1n) is 6.72. The van der Waals surface area contributed by atoms with Crippen LogP contribution >= 0.6 is 0 Å². The van der Waals surface area contributed by atoms with Gasteiger partial charge in [-0.15, -0.1) is 0 Å². The number of benzene rings is 1. The third-order valence-electron chi connectivity index (χ3n) is 3.28. The standard InChI is InChI=1S/C16H20N2O2/c1-16(2,3)14(19)10-17-15(20)11-18-9-8-12-6-4-5-7-13(12)18/h4-9H,10-11H2,1-3H3,(H,17,20). The zero-order valence-corrected chi connectivity index (χ0v) is 12.1. The van der Waals surface area contributed by atoms with Gasteiger partial charge in [0.1, 0.15) is 6.54 Å². The molecule has 1 amide bonds. The predicted octanol–water partition coefficient (Wildman–Crippen LogP) is 2.37. The minimum atomic E-state index is -0.423. The molecule has 20 heavy (non-hydrogen) atoms. The summed E-state index contributed by atoms with van der Waals surface area (Å²) < 4.78 is 1.88. The summed E-state index contributed by atoms with van der Waals surface area (Å²) in [6, 6.07) is 9.87. The highest BCUT2D eigenvalue weighted by atomic mass is 16.2. The lowest BCUT2D eigenvalue weighted by Crippen LogP contribution is -2.37. The van der Waals surface area contributed by atoms with Crippen LogP contribution in [0.3, 0.4) is 0 Å². The van der Waals surface area contributed by atoms with E-state index in [1.807, 2.05) is 61.9 Å². The molecule has 2 aromatic rings. The second kappa shape index (κ2) is 5.49. The minimum absolute atomic E-state index is 0.0308. The number of ketones is 1. The number of fused-ring (bicyclic) bond motifs is 1. The van der Waals surface area contributed by atoms with Crippen LogP contribution in [0.25, 0.3) is 10.9 Å². The smallest absolute Gasteiger partial charge is 0.240 e. The lowest BCUT2D eigenvalue weighted by Gasteiger charge is -2.16. The summed E-state index contributed by atoms with van der Waals surface area (Å²) in [5, 5.41) is 3.79. The number of para-hydroxylation sites is 1. The first kappa shape index (κ1) is 14.3. The van der Waals surface area contributed by atoms with Gasteiger partial charge in [-0.25, -0.2) is 0 Å². The fourth-order valence-electron chi connectivity index (χ4n) is 1.93. The van der Waals surface area contributed by atoms with Crippen LogP contribution in [0.1, 0.15) is 20.8 Å². The Labute approximate surface area is 118 Å². The molecule has 0 fully saturated rings. The predicted molar refractivity (Wildman–Crippen MR) is 79.4 cm³/mol. The van der Waals surface area contributed by atoms with Crippen LogP contribution in [0.2, 0.25) is 0 Å². The number of hydrogen-bond donors (Lipinski definition) is 1. The van der Waals surface area contributed by atoms with Crippen molar-refractivity contribution in [2.75, 3.05) is 6.54 Å². The zero-order valence-electron chi connectivity index (χ0n) is 12.1. The van der Waals surface area contributed by atoms with E-state index in [1.54, 1.807) is 0 Å². The third kappa shape index (κ3) is 3.26. The molecule has 0 atom stereocenters. The topological polar surface area (TPSA) is 51.1 Å². The highest BCUT2D eigenvalue weighted by molar-refractivity contribution is 5.90. The molecule has 1 heterocycles. The van der Waals surface area contributed by atoms with E-state index in [0.29, 0.717) is 0 Å². The van der Waals surface area contributed by atoms with E-state index in [-0.39, 0.29) is 24.8 Å². The van der Waals surface area contributed by atoms with E-state index in [1.165, 1.54) is 0 Å². The normalized spacial score (nSPS) is 11.6. The number of nitrogens with one attached hydrogen (secondary N) is 1. The highest BCUT2D eigenvalue weighted by Gasteiger charge is 2.21. The van der Waals surface area contributed by atoms with Gasteiger partial charge in [0, 0.05) is 17.1 Å². The van der Waals surface area contributed by atoms with Gasteiger partial charge >= 0.3 is 0 Å². The van der Waals surface area contributed by atoms with E-state index in [0.717, 1.165) is 10.9 Å². The average molecular weight is 272 g/mol. The van der Waals surface area contributed by atoms with E-state index in [2.05, 4.69) is 5.32 Å². The summed E-state index contributed by atoms with van der Waals surface area (Å²) in [6.45, 7) is 5.86. The summed E-state index contributed by atoms with van der Waals surface area (Å²) in [5.41, 5.74) is 0.595. The molecule has 0 saturated carbocycles. The van der Waals surface area contributed by atoms with Crippen molar-refractivity contribution < 1.29 is 9.59 Å². The van der Waals surface area contributed by atoms with E-state index >= 15 is 0 Å². The van der Waals surface area contributed by atoms with Gasteiger partial charge in [0.15, 0.2) is 5.78 Å². The van der Waals surface area contributed by atoms with Crippen molar-refractivity contribution in [3.8, 4) is 0 Å². The summed E-state index contributed by atoms with van der Waals surface area (Å²) in [6.07, 6.45) is 1.88. The Morgan fingerprint density at radius 3 is 2.55 bits per heavy atom. The second-order valence-corrected chi connectivity index (χ2v) is 5.95. The molecule has 2 rings (SSSR count). The van der Waals surface area contributed by atoms with Gasteiger partial charge in [-0.2, -0.15) is 0 Å². The summed E-state index contributed by atoms with van der Waals surface area (Å²) >= 11 is 0. The maximum Gasteiger partial charge on any atom is 0.240 e. The molecule has 0 bridgehead atoms. The summed E-state index contributed by atoms with van der Waals surface area (Å²) in [4.78, 5) is 23.7. The molecule has 0 aliphatic heterocycles. The Hall–Kier alpha value is -2.10.